The predicted molar refractivity (Wildman–Crippen MR) is 40.1 cm³/mol. The molecular weight excluding hydrogens is 180 g/mol. The molecule has 0 bridgehead atoms. The van der Waals surface area contributed by atoms with Crippen LogP contribution >= 0.6 is 0 Å². The molecule has 0 amide bonds. The van der Waals surface area contributed by atoms with Crippen molar-refractivity contribution in [2.45, 2.75) is 0 Å². The fourth-order valence-corrected chi connectivity index (χ4v) is 0.517. The minimum Gasteiger partial charge on any atom is -0.478 e. The van der Waals surface area contributed by atoms with Crippen molar-refractivity contribution in [3.05, 3.63) is 23.8 Å². The molecule has 0 aromatic rings. The maximum atomic E-state index is 10.3. The van der Waals surface area contributed by atoms with Crippen LogP contribution < -0.4 is 0 Å². The number of carboxylic acid groups (broad SMARTS) is 3. The van der Waals surface area contributed by atoms with Gasteiger partial charge in [0, 0.05) is 6.08 Å². The summed E-state index contributed by atoms with van der Waals surface area (Å²) in [6.07, 6.45) is 0.277. The van der Waals surface area contributed by atoms with E-state index in [0.717, 1.165) is 0 Å². The first kappa shape index (κ1) is 10.9. The van der Waals surface area contributed by atoms with E-state index in [9.17, 15) is 14.4 Å². The van der Waals surface area contributed by atoms with E-state index in [1.165, 1.54) is 0 Å². The maximum absolute atomic E-state index is 10.3. The van der Waals surface area contributed by atoms with Gasteiger partial charge in [-0.1, -0.05) is 6.58 Å². The van der Waals surface area contributed by atoms with Crippen LogP contribution in [0.25, 0.3) is 0 Å². The number of rotatable bonds is 4. The Morgan fingerprint density at radius 2 is 1.46 bits per heavy atom. The molecule has 70 valence electrons. The minimum absolute atomic E-state index is 0.277. The van der Waals surface area contributed by atoms with E-state index in [0.29, 0.717) is 0 Å². The third-order valence-electron chi connectivity index (χ3n) is 1.08. The molecule has 0 atom stereocenters. The van der Waals surface area contributed by atoms with E-state index in [1.807, 2.05) is 0 Å². The van der Waals surface area contributed by atoms with E-state index in [1.54, 1.807) is 0 Å². The van der Waals surface area contributed by atoms with Gasteiger partial charge in [0.25, 0.3) is 0 Å². The van der Waals surface area contributed by atoms with Crippen LogP contribution in [0.15, 0.2) is 23.8 Å². The van der Waals surface area contributed by atoms with Crippen molar-refractivity contribution in [3.63, 3.8) is 0 Å². The molecular formula is C7H6O6. The summed E-state index contributed by atoms with van der Waals surface area (Å²) >= 11 is 0. The first-order valence-electron chi connectivity index (χ1n) is 2.96. The smallest absolute Gasteiger partial charge is 0.336 e. The summed E-state index contributed by atoms with van der Waals surface area (Å²) in [5, 5.41) is 24.9. The summed E-state index contributed by atoms with van der Waals surface area (Å²) in [5.74, 6) is -4.76. The molecule has 3 N–H and O–H groups in total. The van der Waals surface area contributed by atoms with Gasteiger partial charge in [-0.3, -0.25) is 0 Å². The zero-order valence-corrected chi connectivity index (χ0v) is 6.35. The predicted octanol–water partition coefficient (Wildman–Crippen LogP) is -0.277. The van der Waals surface area contributed by atoms with Crippen molar-refractivity contribution >= 4 is 17.9 Å². The van der Waals surface area contributed by atoms with Crippen molar-refractivity contribution in [2.75, 3.05) is 0 Å². The van der Waals surface area contributed by atoms with E-state index >= 15 is 0 Å². The Morgan fingerprint density at radius 1 is 1.00 bits per heavy atom. The summed E-state index contributed by atoms with van der Waals surface area (Å²) in [4.78, 5) is 30.6. The number of hydrogen-bond acceptors (Lipinski definition) is 3. The summed E-state index contributed by atoms with van der Waals surface area (Å²) < 4.78 is 0. The van der Waals surface area contributed by atoms with Gasteiger partial charge in [-0.25, -0.2) is 14.4 Å². The molecule has 0 unspecified atom stereocenters. The van der Waals surface area contributed by atoms with Crippen LogP contribution in [0.2, 0.25) is 0 Å². The third kappa shape index (κ3) is 3.19. The van der Waals surface area contributed by atoms with Crippen molar-refractivity contribution in [2.24, 2.45) is 0 Å². The first-order valence-corrected chi connectivity index (χ1v) is 2.96. The number of hydrogen-bond donors (Lipinski definition) is 3. The molecule has 13 heavy (non-hydrogen) atoms. The normalized spacial score (nSPS) is 10.6. The molecule has 0 saturated carbocycles. The zero-order chi connectivity index (χ0) is 10.6. The molecule has 0 aromatic carbocycles. The molecule has 0 fully saturated rings. The van der Waals surface area contributed by atoms with Gasteiger partial charge in [0.2, 0.25) is 0 Å². The Morgan fingerprint density at radius 3 is 1.69 bits per heavy atom. The highest BCUT2D eigenvalue weighted by Gasteiger charge is 2.18. The minimum atomic E-state index is -1.64. The summed E-state index contributed by atoms with van der Waals surface area (Å²) in [7, 11) is 0. The zero-order valence-electron chi connectivity index (χ0n) is 6.35. The van der Waals surface area contributed by atoms with E-state index in [4.69, 9.17) is 15.3 Å². The molecule has 0 aliphatic carbocycles. The molecule has 6 nitrogen and oxygen atoms in total. The Hall–Kier alpha value is -2.11. The van der Waals surface area contributed by atoms with Crippen LogP contribution in [-0.2, 0) is 14.4 Å². The van der Waals surface area contributed by atoms with Gasteiger partial charge in [0.15, 0.2) is 0 Å². The lowest BCUT2D eigenvalue weighted by molar-refractivity contribution is -0.136. The summed E-state index contributed by atoms with van der Waals surface area (Å²) in [6, 6.07) is 0. The van der Waals surface area contributed by atoms with Crippen molar-refractivity contribution in [1.82, 2.24) is 0 Å². The van der Waals surface area contributed by atoms with E-state index in [2.05, 4.69) is 6.58 Å². The van der Waals surface area contributed by atoms with Gasteiger partial charge in [-0.15, -0.1) is 0 Å². The van der Waals surface area contributed by atoms with Crippen LogP contribution in [0.3, 0.4) is 0 Å². The standard InChI is InChI=1S/C7H6O6/c1-3(6(10)11)4(7(12)13)2-5(8)9/h2H,1H2,(H,8,9)(H,10,11)(H,12,13). The van der Waals surface area contributed by atoms with E-state index < -0.39 is 29.1 Å². The SMILES string of the molecule is C=C(C(=O)O)C(=CC(=O)O)C(=O)O. The van der Waals surface area contributed by atoms with E-state index in [-0.39, 0.29) is 6.08 Å². The van der Waals surface area contributed by atoms with Crippen molar-refractivity contribution < 1.29 is 29.7 Å². The second kappa shape index (κ2) is 4.05. The molecule has 0 aromatic heterocycles. The molecule has 0 spiro atoms. The largest absolute Gasteiger partial charge is 0.478 e. The second-order valence-corrected chi connectivity index (χ2v) is 1.99. The van der Waals surface area contributed by atoms with Gasteiger partial charge in [-0.05, 0) is 0 Å². The highest BCUT2D eigenvalue weighted by atomic mass is 16.4. The fraction of sp³-hybridized carbons (Fsp3) is 0. The van der Waals surface area contributed by atoms with Crippen molar-refractivity contribution in [1.29, 1.82) is 0 Å². The van der Waals surface area contributed by atoms with Crippen LogP contribution in [-0.4, -0.2) is 33.2 Å². The Balaban J connectivity index is 5.05. The van der Waals surface area contributed by atoms with Gasteiger partial charge in [0.1, 0.15) is 0 Å². The van der Waals surface area contributed by atoms with Gasteiger partial charge in [-0.2, -0.15) is 0 Å². The maximum Gasteiger partial charge on any atom is 0.336 e. The lowest BCUT2D eigenvalue weighted by Crippen LogP contribution is -2.11. The third-order valence-corrected chi connectivity index (χ3v) is 1.08. The molecule has 0 radical (unpaired) electrons. The summed E-state index contributed by atoms with van der Waals surface area (Å²) in [5.41, 5.74) is -1.62. The molecule has 0 heterocycles. The highest BCUT2D eigenvalue weighted by molar-refractivity contribution is 6.08. The number of carboxylic acids is 3. The van der Waals surface area contributed by atoms with Crippen molar-refractivity contribution in [3.8, 4) is 0 Å². The molecule has 0 rings (SSSR count). The average Bonchev–Trinajstić information content (AvgIpc) is 1.97. The van der Waals surface area contributed by atoms with Crippen LogP contribution in [0.5, 0.6) is 0 Å². The van der Waals surface area contributed by atoms with Crippen LogP contribution in [0.1, 0.15) is 0 Å². The first-order chi connectivity index (χ1) is 5.86. The topological polar surface area (TPSA) is 112 Å². The number of carbonyl (C=O) groups is 3. The van der Waals surface area contributed by atoms with Crippen LogP contribution in [0.4, 0.5) is 0 Å². The van der Waals surface area contributed by atoms with Gasteiger partial charge in [0.05, 0.1) is 11.1 Å². The summed E-state index contributed by atoms with van der Waals surface area (Å²) in [6.45, 7) is 2.92. The Bertz CT molecular complexity index is 311. The van der Waals surface area contributed by atoms with Gasteiger partial charge < -0.3 is 15.3 Å². The second-order valence-electron chi connectivity index (χ2n) is 1.99. The Labute approximate surface area is 72.4 Å². The quantitative estimate of drug-likeness (QED) is 0.411. The molecule has 0 saturated heterocycles. The monoisotopic (exact) mass is 186 g/mol. The molecule has 0 aliphatic rings. The lowest BCUT2D eigenvalue weighted by Gasteiger charge is -1.98. The average molecular weight is 186 g/mol. The number of aliphatic carboxylic acids is 3. The highest BCUT2D eigenvalue weighted by Crippen LogP contribution is 2.07. The Kier molecular flexibility index (Phi) is 3.39. The lowest BCUT2D eigenvalue weighted by atomic mass is 10.1. The van der Waals surface area contributed by atoms with Gasteiger partial charge >= 0.3 is 17.9 Å². The molecule has 6 heteroatoms. The fourth-order valence-electron chi connectivity index (χ4n) is 0.517. The van der Waals surface area contributed by atoms with Crippen LogP contribution in [0, 0.1) is 0 Å². The molecule has 0 aliphatic heterocycles.